The van der Waals surface area contributed by atoms with Crippen LogP contribution in [0.1, 0.15) is 44.9 Å². The van der Waals surface area contributed by atoms with E-state index >= 15 is 0 Å². The van der Waals surface area contributed by atoms with Crippen molar-refractivity contribution in [2.75, 3.05) is 6.54 Å². The molecule has 62 valence electrons. The van der Waals surface area contributed by atoms with Crippen molar-refractivity contribution in [3.63, 3.8) is 0 Å². The lowest BCUT2D eigenvalue weighted by Gasteiger charge is -2.20. The molecule has 1 heteroatoms. The molecule has 11 heavy (non-hydrogen) atoms. The molecule has 0 bridgehead atoms. The summed E-state index contributed by atoms with van der Waals surface area (Å²) in [5, 5.41) is 0. The zero-order chi connectivity index (χ0) is 7.94. The SMILES string of the molecule is [C-]#[N+]CCCC1CCCCC1. The molecule has 0 saturated heterocycles. The number of nitrogens with zero attached hydrogens (tertiary/aromatic N) is 1. The summed E-state index contributed by atoms with van der Waals surface area (Å²) in [6.07, 6.45) is 9.61. The molecule has 1 aliphatic rings. The van der Waals surface area contributed by atoms with Gasteiger partial charge in [-0.25, -0.2) is 6.57 Å². The van der Waals surface area contributed by atoms with Crippen LogP contribution < -0.4 is 0 Å². The zero-order valence-electron chi connectivity index (χ0n) is 7.18. The summed E-state index contributed by atoms with van der Waals surface area (Å²) in [5.74, 6) is 0.963. The van der Waals surface area contributed by atoms with Crippen LogP contribution in [0.4, 0.5) is 0 Å². The lowest BCUT2D eigenvalue weighted by atomic mass is 9.86. The molecule has 1 saturated carbocycles. The highest BCUT2D eigenvalue weighted by Crippen LogP contribution is 2.26. The van der Waals surface area contributed by atoms with Gasteiger partial charge in [-0.15, -0.1) is 0 Å². The highest BCUT2D eigenvalue weighted by Gasteiger charge is 2.12. The van der Waals surface area contributed by atoms with E-state index in [-0.39, 0.29) is 0 Å². The van der Waals surface area contributed by atoms with Gasteiger partial charge < -0.3 is 4.85 Å². The number of hydrogen-bond acceptors (Lipinski definition) is 0. The number of rotatable bonds is 3. The van der Waals surface area contributed by atoms with Gasteiger partial charge in [0.15, 0.2) is 0 Å². The van der Waals surface area contributed by atoms with Crippen molar-refractivity contribution in [2.24, 2.45) is 5.92 Å². The first kappa shape index (κ1) is 8.59. The first-order chi connectivity index (χ1) is 5.43. The summed E-state index contributed by atoms with van der Waals surface area (Å²) in [6.45, 7) is 7.39. The molecule has 0 spiro atoms. The summed E-state index contributed by atoms with van der Waals surface area (Å²) in [6, 6.07) is 0. The Morgan fingerprint density at radius 1 is 1.18 bits per heavy atom. The normalized spacial score (nSPS) is 19.5. The Hall–Kier alpha value is -0.510. The molecule has 1 nitrogen and oxygen atoms in total. The lowest BCUT2D eigenvalue weighted by molar-refractivity contribution is 0.336. The molecule has 1 fully saturated rings. The van der Waals surface area contributed by atoms with Crippen LogP contribution in [0, 0.1) is 12.5 Å². The Labute approximate surface area is 69.6 Å². The highest BCUT2D eigenvalue weighted by molar-refractivity contribution is 4.68. The van der Waals surface area contributed by atoms with Crippen LogP contribution >= 0.6 is 0 Å². The maximum atomic E-state index is 6.64. The third-order valence-electron chi connectivity index (χ3n) is 2.61. The van der Waals surface area contributed by atoms with E-state index < -0.39 is 0 Å². The smallest absolute Gasteiger partial charge is 0.214 e. The zero-order valence-corrected chi connectivity index (χ0v) is 7.18. The Bertz CT molecular complexity index is 128. The van der Waals surface area contributed by atoms with Gasteiger partial charge in [0, 0.05) is 6.42 Å². The van der Waals surface area contributed by atoms with E-state index in [2.05, 4.69) is 4.85 Å². The first-order valence-corrected chi connectivity index (χ1v) is 4.76. The summed E-state index contributed by atoms with van der Waals surface area (Å²) in [4.78, 5) is 3.37. The Morgan fingerprint density at radius 2 is 1.91 bits per heavy atom. The van der Waals surface area contributed by atoms with Crippen molar-refractivity contribution < 1.29 is 0 Å². The van der Waals surface area contributed by atoms with Crippen LogP contribution in [0.2, 0.25) is 0 Å². The van der Waals surface area contributed by atoms with Gasteiger partial charge in [0.25, 0.3) is 0 Å². The van der Waals surface area contributed by atoms with Gasteiger partial charge in [-0.2, -0.15) is 0 Å². The van der Waals surface area contributed by atoms with E-state index in [0.717, 1.165) is 18.9 Å². The predicted octanol–water partition coefficient (Wildman–Crippen LogP) is 3.27. The molecule has 1 rings (SSSR count). The minimum atomic E-state index is 0.747. The van der Waals surface area contributed by atoms with E-state index in [9.17, 15) is 0 Å². The van der Waals surface area contributed by atoms with Crippen molar-refractivity contribution >= 4 is 0 Å². The molecule has 0 unspecified atom stereocenters. The largest absolute Gasteiger partial charge is 0.317 e. The molecule has 0 radical (unpaired) electrons. The van der Waals surface area contributed by atoms with Crippen LogP contribution in [0.15, 0.2) is 0 Å². The van der Waals surface area contributed by atoms with Crippen molar-refractivity contribution in [3.05, 3.63) is 11.4 Å². The topological polar surface area (TPSA) is 4.36 Å². The quantitative estimate of drug-likeness (QED) is 0.431. The van der Waals surface area contributed by atoms with Crippen molar-refractivity contribution in [2.45, 2.75) is 44.9 Å². The van der Waals surface area contributed by atoms with Gasteiger partial charge >= 0.3 is 0 Å². The molecule has 0 N–H and O–H groups in total. The van der Waals surface area contributed by atoms with E-state index in [0.29, 0.717) is 0 Å². The van der Waals surface area contributed by atoms with Gasteiger partial charge in [0.05, 0.1) is 0 Å². The summed E-state index contributed by atoms with van der Waals surface area (Å²) < 4.78 is 0. The van der Waals surface area contributed by atoms with Crippen LogP contribution in [0.5, 0.6) is 0 Å². The van der Waals surface area contributed by atoms with Crippen molar-refractivity contribution in [3.8, 4) is 0 Å². The van der Waals surface area contributed by atoms with Gasteiger partial charge in [0.2, 0.25) is 6.54 Å². The molecule has 0 atom stereocenters. The third-order valence-corrected chi connectivity index (χ3v) is 2.61. The Balaban J connectivity index is 2.01. The second-order valence-electron chi connectivity index (χ2n) is 3.53. The lowest BCUT2D eigenvalue weighted by Crippen LogP contribution is -2.06. The molecule has 1 aliphatic carbocycles. The average molecular weight is 151 g/mol. The second kappa shape index (κ2) is 5.18. The van der Waals surface area contributed by atoms with Gasteiger partial charge in [-0.3, -0.25) is 0 Å². The van der Waals surface area contributed by atoms with Crippen LogP contribution in [0.3, 0.4) is 0 Å². The van der Waals surface area contributed by atoms with Crippen molar-refractivity contribution in [1.29, 1.82) is 0 Å². The minimum absolute atomic E-state index is 0.747. The van der Waals surface area contributed by atoms with Crippen LogP contribution in [0.25, 0.3) is 4.85 Å². The maximum Gasteiger partial charge on any atom is 0.214 e. The van der Waals surface area contributed by atoms with E-state index in [1.165, 1.54) is 38.5 Å². The molecule has 0 aliphatic heterocycles. The molecule has 0 aromatic heterocycles. The molecule has 0 heterocycles. The molecular formula is C10H17N. The first-order valence-electron chi connectivity index (χ1n) is 4.76. The standard InChI is InChI=1S/C10H17N/c1-11-9-5-8-10-6-3-2-4-7-10/h10H,2-9H2. The van der Waals surface area contributed by atoms with E-state index in [1.54, 1.807) is 0 Å². The van der Waals surface area contributed by atoms with E-state index in [1.807, 2.05) is 0 Å². The van der Waals surface area contributed by atoms with E-state index in [4.69, 9.17) is 6.57 Å². The monoisotopic (exact) mass is 151 g/mol. The average Bonchev–Trinajstić information content (AvgIpc) is 2.07. The summed E-state index contributed by atoms with van der Waals surface area (Å²) >= 11 is 0. The number of hydrogen-bond donors (Lipinski definition) is 0. The summed E-state index contributed by atoms with van der Waals surface area (Å²) in [5.41, 5.74) is 0. The molecular weight excluding hydrogens is 134 g/mol. The highest BCUT2D eigenvalue weighted by atomic mass is 14.6. The predicted molar refractivity (Wildman–Crippen MR) is 47.3 cm³/mol. The van der Waals surface area contributed by atoms with Gasteiger partial charge in [0.1, 0.15) is 0 Å². The molecule has 0 aromatic rings. The fourth-order valence-corrected chi connectivity index (χ4v) is 1.93. The van der Waals surface area contributed by atoms with Gasteiger partial charge in [-0.1, -0.05) is 32.1 Å². The van der Waals surface area contributed by atoms with Crippen LogP contribution in [-0.2, 0) is 0 Å². The van der Waals surface area contributed by atoms with Gasteiger partial charge in [-0.05, 0) is 12.3 Å². The fourth-order valence-electron chi connectivity index (χ4n) is 1.93. The Morgan fingerprint density at radius 3 is 2.55 bits per heavy atom. The fraction of sp³-hybridized carbons (Fsp3) is 0.900. The van der Waals surface area contributed by atoms with Crippen LogP contribution in [-0.4, -0.2) is 6.54 Å². The molecule has 0 amide bonds. The minimum Gasteiger partial charge on any atom is -0.317 e. The third kappa shape index (κ3) is 3.41. The maximum absolute atomic E-state index is 6.64. The Kier molecular flexibility index (Phi) is 4.04. The summed E-state index contributed by atoms with van der Waals surface area (Å²) in [7, 11) is 0. The second-order valence-corrected chi connectivity index (χ2v) is 3.53. The van der Waals surface area contributed by atoms with Crippen molar-refractivity contribution in [1.82, 2.24) is 0 Å². The molecule has 0 aromatic carbocycles.